The summed E-state index contributed by atoms with van der Waals surface area (Å²) < 4.78 is 0. The summed E-state index contributed by atoms with van der Waals surface area (Å²) in [7, 11) is 0. The fourth-order valence-electron chi connectivity index (χ4n) is 1.32. The molecule has 0 aliphatic heterocycles. The third kappa shape index (κ3) is 3.85. The Labute approximate surface area is 96.6 Å². The minimum atomic E-state index is -0.0116. The van der Waals surface area contributed by atoms with E-state index in [1.807, 2.05) is 39.0 Å². The zero-order valence-electron chi connectivity index (χ0n) is 10.1. The van der Waals surface area contributed by atoms with Crippen molar-refractivity contribution in [3.05, 3.63) is 41.2 Å². The van der Waals surface area contributed by atoms with Gasteiger partial charge in [0.05, 0.1) is 0 Å². The molecule has 0 radical (unpaired) electrons. The molecule has 1 rings (SSSR count). The Bertz CT molecular complexity index is 379. The fraction of sp³-hybridized carbons (Fsp3) is 0.385. The lowest BCUT2D eigenvalue weighted by Crippen LogP contribution is -2.23. The van der Waals surface area contributed by atoms with Crippen LogP contribution in [0.25, 0.3) is 0 Å². The molecule has 0 aromatic carbocycles. The molecule has 0 bridgehead atoms. The van der Waals surface area contributed by atoms with Gasteiger partial charge in [-0.3, -0.25) is 9.78 Å². The SMILES string of the molecule is CC/C=C(/C)C(=O)NCc1ccc(C)nc1. The van der Waals surface area contributed by atoms with Crippen LogP contribution in [0.1, 0.15) is 31.5 Å². The van der Waals surface area contributed by atoms with Crippen molar-refractivity contribution < 1.29 is 4.79 Å². The maximum absolute atomic E-state index is 11.6. The van der Waals surface area contributed by atoms with Gasteiger partial charge in [-0.15, -0.1) is 0 Å². The van der Waals surface area contributed by atoms with Gasteiger partial charge in [0.2, 0.25) is 5.91 Å². The number of aryl methyl sites for hydroxylation is 1. The van der Waals surface area contributed by atoms with Crippen LogP contribution < -0.4 is 5.32 Å². The third-order valence-corrected chi connectivity index (χ3v) is 2.29. The van der Waals surface area contributed by atoms with Gasteiger partial charge < -0.3 is 5.32 Å². The van der Waals surface area contributed by atoms with Crippen LogP contribution in [0, 0.1) is 6.92 Å². The van der Waals surface area contributed by atoms with E-state index in [0.717, 1.165) is 23.3 Å². The summed E-state index contributed by atoms with van der Waals surface area (Å²) in [4.78, 5) is 15.7. The highest BCUT2D eigenvalue weighted by atomic mass is 16.1. The molecule has 0 aliphatic rings. The van der Waals surface area contributed by atoms with Crippen LogP contribution in [0.15, 0.2) is 30.0 Å². The highest BCUT2D eigenvalue weighted by Gasteiger charge is 2.02. The van der Waals surface area contributed by atoms with E-state index in [2.05, 4.69) is 10.3 Å². The second kappa shape index (κ2) is 6.05. The van der Waals surface area contributed by atoms with Crippen molar-refractivity contribution in [2.24, 2.45) is 0 Å². The molecule has 0 spiro atoms. The molecule has 1 N–H and O–H groups in total. The highest BCUT2D eigenvalue weighted by Crippen LogP contribution is 2.00. The van der Waals surface area contributed by atoms with E-state index in [-0.39, 0.29) is 5.91 Å². The molecule has 3 heteroatoms. The first kappa shape index (κ1) is 12.4. The van der Waals surface area contributed by atoms with E-state index < -0.39 is 0 Å². The molecule has 0 saturated carbocycles. The predicted molar refractivity (Wildman–Crippen MR) is 64.9 cm³/mol. The van der Waals surface area contributed by atoms with Gasteiger partial charge in [0, 0.05) is 24.0 Å². The van der Waals surface area contributed by atoms with Crippen LogP contribution in [0.4, 0.5) is 0 Å². The largest absolute Gasteiger partial charge is 0.348 e. The van der Waals surface area contributed by atoms with Gasteiger partial charge in [-0.2, -0.15) is 0 Å². The highest BCUT2D eigenvalue weighted by molar-refractivity contribution is 5.92. The van der Waals surface area contributed by atoms with Gasteiger partial charge in [-0.05, 0) is 31.9 Å². The lowest BCUT2D eigenvalue weighted by molar-refractivity contribution is -0.117. The number of nitrogens with zero attached hydrogens (tertiary/aromatic N) is 1. The quantitative estimate of drug-likeness (QED) is 0.788. The van der Waals surface area contributed by atoms with Gasteiger partial charge in [0.1, 0.15) is 0 Å². The lowest BCUT2D eigenvalue weighted by Gasteiger charge is -2.05. The number of hydrogen-bond donors (Lipinski definition) is 1. The number of aromatic nitrogens is 1. The zero-order chi connectivity index (χ0) is 12.0. The summed E-state index contributed by atoms with van der Waals surface area (Å²) >= 11 is 0. The van der Waals surface area contributed by atoms with E-state index in [9.17, 15) is 4.79 Å². The number of carbonyl (C=O) groups is 1. The third-order valence-electron chi connectivity index (χ3n) is 2.29. The Balaban J connectivity index is 2.49. The average molecular weight is 218 g/mol. The number of rotatable bonds is 4. The van der Waals surface area contributed by atoms with Gasteiger partial charge in [-0.1, -0.05) is 19.1 Å². The van der Waals surface area contributed by atoms with Gasteiger partial charge in [0.15, 0.2) is 0 Å². The van der Waals surface area contributed by atoms with E-state index >= 15 is 0 Å². The maximum Gasteiger partial charge on any atom is 0.246 e. The van der Waals surface area contributed by atoms with Crippen LogP contribution >= 0.6 is 0 Å². The Hall–Kier alpha value is -1.64. The molecule has 86 valence electrons. The van der Waals surface area contributed by atoms with Crippen molar-refractivity contribution >= 4 is 5.91 Å². The summed E-state index contributed by atoms with van der Waals surface area (Å²) in [6, 6.07) is 3.91. The Kier molecular flexibility index (Phi) is 4.70. The Morgan fingerprint density at radius 2 is 2.25 bits per heavy atom. The normalized spacial score (nSPS) is 11.3. The van der Waals surface area contributed by atoms with Crippen molar-refractivity contribution in [3.63, 3.8) is 0 Å². The lowest BCUT2D eigenvalue weighted by atomic mass is 10.2. The topological polar surface area (TPSA) is 42.0 Å². The van der Waals surface area contributed by atoms with Crippen LogP contribution in [0.3, 0.4) is 0 Å². The van der Waals surface area contributed by atoms with Gasteiger partial charge >= 0.3 is 0 Å². The summed E-state index contributed by atoms with van der Waals surface area (Å²) in [5, 5.41) is 2.86. The van der Waals surface area contributed by atoms with Crippen LogP contribution in [0.2, 0.25) is 0 Å². The van der Waals surface area contributed by atoms with Crippen molar-refractivity contribution in [1.82, 2.24) is 10.3 Å². The molecule has 3 nitrogen and oxygen atoms in total. The summed E-state index contributed by atoms with van der Waals surface area (Å²) in [6.45, 7) is 6.31. The Morgan fingerprint density at radius 3 is 2.81 bits per heavy atom. The van der Waals surface area contributed by atoms with Gasteiger partial charge in [0.25, 0.3) is 0 Å². The first-order valence-corrected chi connectivity index (χ1v) is 5.50. The minimum Gasteiger partial charge on any atom is -0.348 e. The number of carbonyl (C=O) groups excluding carboxylic acids is 1. The number of allylic oxidation sites excluding steroid dienone is 1. The van der Waals surface area contributed by atoms with Crippen LogP contribution in [-0.2, 0) is 11.3 Å². The van der Waals surface area contributed by atoms with Crippen molar-refractivity contribution in [1.29, 1.82) is 0 Å². The zero-order valence-corrected chi connectivity index (χ0v) is 10.1. The van der Waals surface area contributed by atoms with Crippen LogP contribution in [-0.4, -0.2) is 10.9 Å². The molecule has 0 saturated heterocycles. The average Bonchev–Trinajstić information content (AvgIpc) is 2.28. The number of hydrogen-bond acceptors (Lipinski definition) is 2. The molecule has 1 heterocycles. The van der Waals surface area contributed by atoms with Gasteiger partial charge in [-0.25, -0.2) is 0 Å². The minimum absolute atomic E-state index is 0.0116. The second-order valence-corrected chi connectivity index (χ2v) is 3.79. The summed E-state index contributed by atoms with van der Waals surface area (Å²) in [5.74, 6) is -0.0116. The molecule has 0 atom stereocenters. The van der Waals surface area contributed by atoms with E-state index in [4.69, 9.17) is 0 Å². The monoisotopic (exact) mass is 218 g/mol. The first-order valence-electron chi connectivity index (χ1n) is 5.50. The smallest absolute Gasteiger partial charge is 0.246 e. The molecular weight excluding hydrogens is 200 g/mol. The molecule has 16 heavy (non-hydrogen) atoms. The fourth-order valence-corrected chi connectivity index (χ4v) is 1.32. The number of pyridine rings is 1. The number of amides is 1. The van der Waals surface area contributed by atoms with Crippen molar-refractivity contribution in [3.8, 4) is 0 Å². The molecule has 0 aliphatic carbocycles. The number of nitrogens with one attached hydrogen (secondary N) is 1. The first-order chi connectivity index (χ1) is 7.63. The Morgan fingerprint density at radius 1 is 1.50 bits per heavy atom. The molecule has 0 unspecified atom stereocenters. The van der Waals surface area contributed by atoms with Crippen molar-refractivity contribution in [2.75, 3.05) is 0 Å². The van der Waals surface area contributed by atoms with E-state index in [0.29, 0.717) is 6.54 Å². The summed E-state index contributed by atoms with van der Waals surface area (Å²) in [6.07, 6.45) is 4.59. The molecular formula is C13H18N2O. The van der Waals surface area contributed by atoms with E-state index in [1.165, 1.54) is 0 Å². The standard InChI is InChI=1S/C13H18N2O/c1-4-5-10(2)13(16)15-9-12-7-6-11(3)14-8-12/h5-8H,4,9H2,1-3H3,(H,15,16)/b10-5-. The molecule has 1 amide bonds. The molecule has 1 aromatic heterocycles. The summed E-state index contributed by atoms with van der Waals surface area (Å²) in [5.41, 5.74) is 2.77. The van der Waals surface area contributed by atoms with Crippen molar-refractivity contribution in [2.45, 2.75) is 33.7 Å². The predicted octanol–water partition coefficient (Wildman–Crippen LogP) is 2.36. The molecule has 0 fully saturated rings. The van der Waals surface area contributed by atoms with E-state index in [1.54, 1.807) is 6.20 Å². The van der Waals surface area contributed by atoms with Crippen LogP contribution in [0.5, 0.6) is 0 Å². The molecule has 1 aromatic rings. The maximum atomic E-state index is 11.6. The second-order valence-electron chi connectivity index (χ2n) is 3.79.